The highest BCUT2D eigenvalue weighted by Crippen LogP contribution is 2.34. The molecule has 2 aliphatic heterocycles. The van der Waals surface area contributed by atoms with Crippen molar-refractivity contribution in [1.82, 2.24) is 5.32 Å². The van der Waals surface area contributed by atoms with Crippen LogP contribution in [0.25, 0.3) is 0 Å². The molecule has 0 aromatic heterocycles. The van der Waals surface area contributed by atoms with Crippen LogP contribution in [0.1, 0.15) is 18.0 Å². The first kappa shape index (κ1) is 11.5. The van der Waals surface area contributed by atoms with Crippen molar-refractivity contribution in [3.05, 3.63) is 23.8 Å². The van der Waals surface area contributed by atoms with Crippen LogP contribution in [-0.4, -0.2) is 32.3 Å². The number of rotatable bonds is 3. The predicted octanol–water partition coefficient (Wildman–Crippen LogP) is 1.07. The van der Waals surface area contributed by atoms with Crippen LogP contribution in [0.2, 0.25) is 0 Å². The number of carbonyl (C=O) groups is 1. The van der Waals surface area contributed by atoms with E-state index in [1.54, 1.807) is 7.05 Å². The molecule has 0 radical (unpaired) electrons. The highest BCUT2D eigenvalue weighted by molar-refractivity contribution is 6.02. The van der Waals surface area contributed by atoms with E-state index in [9.17, 15) is 4.79 Å². The minimum Gasteiger partial charge on any atom is -0.488 e. The van der Waals surface area contributed by atoms with Gasteiger partial charge in [0, 0.05) is 23.7 Å². The molecule has 2 atom stereocenters. The summed E-state index contributed by atoms with van der Waals surface area (Å²) in [6.45, 7) is 1.40. The molecule has 1 aromatic rings. The second kappa shape index (κ2) is 4.59. The SMILES string of the molecule is CNC1C(=O)Nc2cc(OC3CCOC3)ccc21. The lowest BCUT2D eigenvalue weighted by Gasteiger charge is -2.13. The van der Waals surface area contributed by atoms with E-state index in [0.29, 0.717) is 6.61 Å². The number of hydrogen-bond donors (Lipinski definition) is 2. The lowest BCUT2D eigenvalue weighted by atomic mass is 10.1. The summed E-state index contributed by atoms with van der Waals surface area (Å²) in [6.07, 6.45) is 1.04. The molecule has 0 spiro atoms. The first-order valence-electron chi connectivity index (χ1n) is 6.14. The monoisotopic (exact) mass is 248 g/mol. The smallest absolute Gasteiger partial charge is 0.246 e. The number of nitrogens with one attached hydrogen (secondary N) is 2. The van der Waals surface area contributed by atoms with E-state index in [2.05, 4.69) is 10.6 Å². The Hall–Kier alpha value is -1.59. The van der Waals surface area contributed by atoms with Crippen LogP contribution >= 0.6 is 0 Å². The first-order chi connectivity index (χ1) is 8.78. The lowest BCUT2D eigenvalue weighted by Crippen LogP contribution is -2.23. The van der Waals surface area contributed by atoms with Crippen LogP contribution in [0.5, 0.6) is 5.75 Å². The summed E-state index contributed by atoms with van der Waals surface area (Å²) in [6, 6.07) is 5.45. The zero-order chi connectivity index (χ0) is 12.5. The van der Waals surface area contributed by atoms with E-state index >= 15 is 0 Å². The molecule has 1 aromatic carbocycles. The minimum atomic E-state index is -0.260. The average Bonchev–Trinajstić information content (AvgIpc) is 2.95. The number of carbonyl (C=O) groups excluding carboxylic acids is 1. The Labute approximate surface area is 105 Å². The summed E-state index contributed by atoms with van der Waals surface area (Å²) in [4.78, 5) is 11.7. The Bertz CT molecular complexity index is 469. The van der Waals surface area contributed by atoms with Crippen LogP contribution in [0.3, 0.4) is 0 Å². The van der Waals surface area contributed by atoms with E-state index < -0.39 is 0 Å². The second-order valence-corrected chi connectivity index (χ2v) is 4.56. The normalized spacial score (nSPS) is 25.9. The number of likely N-dealkylation sites (N-methyl/N-ethyl adjacent to an activating group) is 1. The molecule has 2 N–H and O–H groups in total. The van der Waals surface area contributed by atoms with Crippen LogP contribution in [0, 0.1) is 0 Å². The molecule has 1 fully saturated rings. The van der Waals surface area contributed by atoms with Gasteiger partial charge in [-0.2, -0.15) is 0 Å². The Kier molecular flexibility index (Phi) is 2.93. The van der Waals surface area contributed by atoms with Crippen LogP contribution in [-0.2, 0) is 9.53 Å². The maximum atomic E-state index is 11.7. The zero-order valence-corrected chi connectivity index (χ0v) is 10.2. The third kappa shape index (κ3) is 1.95. The standard InChI is InChI=1S/C13H16N2O3/c1-14-12-10-3-2-8(6-11(10)15-13(12)16)18-9-4-5-17-7-9/h2-3,6,9,12,14H,4-5,7H2,1H3,(H,15,16). The van der Waals surface area contributed by atoms with Gasteiger partial charge in [-0.3, -0.25) is 4.79 Å². The molecule has 3 rings (SSSR count). The van der Waals surface area contributed by atoms with Gasteiger partial charge in [-0.25, -0.2) is 0 Å². The van der Waals surface area contributed by atoms with Gasteiger partial charge in [-0.05, 0) is 13.1 Å². The number of benzene rings is 1. The molecule has 0 bridgehead atoms. The molecule has 5 heteroatoms. The van der Waals surface area contributed by atoms with Crippen molar-refractivity contribution < 1.29 is 14.3 Å². The quantitative estimate of drug-likeness (QED) is 0.840. The Morgan fingerprint density at radius 2 is 2.39 bits per heavy atom. The largest absolute Gasteiger partial charge is 0.488 e. The molecular formula is C13H16N2O3. The third-order valence-corrected chi connectivity index (χ3v) is 3.34. The van der Waals surface area contributed by atoms with Crippen molar-refractivity contribution >= 4 is 11.6 Å². The summed E-state index contributed by atoms with van der Waals surface area (Å²) >= 11 is 0. The maximum Gasteiger partial charge on any atom is 0.246 e. The van der Waals surface area contributed by atoms with Gasteiger partial charge in [-0.1, -0.05) is 6.07 Å². The third-order valence-electron chi connectivity index (χ3n) is 3.34. The van der Waals surface area contributed by atoms with Gasteiger partial charge in [-0.15, -0.1) is 0 Å². The van der Waals surface area contributed by atoms with E-state index in [0.717, 1.165) is 30.0 Å². The Morgan fingerprint density at radius 1 is 1.50 bits per heavy atom. The average molecular weight is 248 g/mol. The molecule has 0 saturated carbocycles. The van der Waals surface area contributed by atoms with Crippen molar-refractivity contribution in [2.24, 2.45) is 0 Å². The van der Waals surface area contributed by atoms with Crippen LogP contribution < -0.4 is 15.4 Å². The molecule has 1 saturated heterocycles. The van der Waals surface area contributed by atoms with Gasteiger partial charge in [0.15, 0.2) is 0 Å². The van der Waals surface area contributed by atoms with Gasteiger partial charge >= 0.3 is 0 Å². The lowest BCUT2D eigenvalue weighted by molar-refractivity contribution is -0.117. The molecule has 2 heterocycles. The first-order valence-corrected chi connectivity index (χ1v) is 6.14. The molecular weight excluding hydrogens is 232 g/mol. The second-order valence-electron chi connectivity index (χ2n) is 4.56. The van der Waals surface area contributed by atoms with Crippen molar-refractivity contribution in [3.63, 3.8) is 0 Å². The van der Waals surface area contributed by atoms with E-state index in [1.165, 1.54) is 0 Å². The highest BCUT2D eigenvalue weighted by atomic mass is 16.5. The van der Waals surface area contributed by atoms with Gasteiger partial charge in [0.2, 0.25) is 5.91 Å². The maximum absolute atomic E-state index is 11.7. The summed E-state index contributed by atoms with van der Waals surface area (Å²) in [5.74, 6) is 0.759. The molecule has 5 nitrogen and oxygen atoms in total. The zero-order valence-electron chi connectivity index (χ0n) is 10.2. The fourth-order valence-corrected chi connectivity index (χ4v) is 2.40. The van der Waals surface area contributed by atoms with Crippen molar-refractivity contribution in [2.75, 3.05) is 25.6 Å². The number of ether oxygens (including phenoxy) is 2. The van der Waals surface area contributed by atoms with Gasteiger partial charge in [0.05, 0.1) is 13.2 Å². The fourth-order valence-electron chi connectivity index (χ4n) is 2.40. The fraction of sp³-hybridized carbons (Fsp3) is 0.462. The van der Waals surface area contributed by atoms with Gasteiger partial charge in [0.25, 0.3) is 0 Å². The van der Waals surface area contributed by atoms with Crippen molar-refractivity contribution in [2.45, 2.75) is 18.6 Å². The number of fused-ring (bicyclic) bond motifs is 1. The Balaban J connectivity index is 1.79. The predicted molar refractivity (Wildman–Crippen MR) is 66.7 cm³/mol. The van der Waals surface area contributed by atoms with Crippen molar-refractivity contribution in [1.29, 1.82) is 0 Å². The van der Waals surface area contributed by atoms with E-state index in [-0.39, 0.29) is 18.1 Å². The number of amides is 1. The van der Waals surface area contributed by atoms with E-state index in [1.807, 2.05) is 18.2 Å². The topological polar surface area (TPSA) is 59.6 Å². The van der Waals surface area contributed by atoms with Crippen LogP contribution in [0.4, 0.5) is 5.69 Å². The molecule has 2 unspecified atom stereocenters. The molecule has 18 heavy (non-hydrogen) atoms. The number of hydrogen-bond acceptors (Lipinski definition) is 4. The summed E-state index contributed by atoms with van der Waals surface area (Å²) in [5, 5.41) is 5.84. The summed E-state index contributed by atoms with van der Waals surface area (Å²) in [5.41, 5.74) is 1.80. The van der Waals surface area contributed by atoms with Gasteiger partial charge in [0.1, 0.15) is 17.9 Å². The summed E-state index contributed by atoms with van der Waals surface area (Å²) < 4.78 is 11.1. The van der Waals surface area contributed by atoms with Crippen LogP contribution in [0.15, 0.2) is 18.2 Å². The minimum absolute atomic E-state index is 0.0196. The van der Waals surface area contributed by atoms with E-state index in [4.69, 9.17) is 9.47 Å². The number of anilines is 1. The molecule has 2 aliphatic rings. The Morgan fingerprint density at radius 3 is 3.11 bits per heavy atom. The molecule has 0 aliphatic carbocycles. The molecule has 1 amide bonds. The summed E-state index contributed by atoms with van der Waals surface area (Å²) in [7, 11) is 1.78. The van der Waals surface area contributed by atoms with Crippen molar-refractivity contribution in [3.8, 4) is 5.75 Å². The molecule has 96 valence electrons. The van der Waals surface area contributed by atoms with Gasteiger partial charge < -0.3 is 20.1 Å². The highest BCUT2D eigenvalue weighted by Gasteiger charge is 2.29.